The fourth-order valence-electron chi connectivity index (χ4n) is 8.03. The van der Waals surface area contributed by atoms with E-state index < -0.39 is 82.2 Å². The van der Waals surface area contributed by atoms with Gasteiger partial charge in [-0.3, -0.25) is 14.4 Å². The highest BCUT2D eigenvalue weighted by Gasteiger charge is 2.79. The number of Topliss-reactive ketones (excluding diaryl/α,β-unsaturated/α-hetero) is 1. The normalized spacial score (nSPS) is 41.8. The Balaban J connectivity index is 1.83. The molecule has 10 atom stereocenters. The molecule has 0 radical (unpaired) electrons. The standard InChI is InChI=1S/C32H40O11/c1-16(17(2)33)23-24(41-18(3)34)26(37)30(6)21(36)14-22-31(15-40-22,43-19(4)35)25(30)27(32(39)13-12-29(23,32)5)42-28(38)20-10-8-7-9-11-20/h7-11,17,21-22,24-25,27,33,36,39H,12-15H2,1-6H3/b23-16-/t17-,21-,22+,24+,25-,27-,29+,30+,31-,32+/m0/s1. The van der Waals surface area contributed by atoms with Crippen molar-refractivity contribution in [2.24, 2.45) is 16.7 Å². The van der Waals surface area contributed by atoms with Crippen molar-refractivity contribution >= 4 is 23.7 Å². The summed E-state index contributed by atoms with van der Waals surface area (Å²) in [5, 5.41) is 35.3. The van der Waals surface area contributed by atoms with Gasteiger partial charge in [0.25, 0.3) is 0 Å². The van der Waals surface area contributed by atoms with Gasteiger partial charge in [0.05, 0.1) is 35.7 Å². The van der Waals surface area contributed by atoms with Gasteiger partial charge in [-0.2, -0.15) is 0 Å². The number of ketones is 1. The molecule has 0 aromatic heterocycles. The number of carbonyl (C=O) groups excluding carboxylic acids is 4. The van der Waals surface area contributed by atoms with Crippen LogP contribution in [0.3, 0.4) is 0 Å². The van der Waals surface area contributed by atoms with Crippen LogP contribution in [0.15, 0.2) is 41.5 Å². The Kier molecular flexibility index (Phi) is 7.65. The van der Waals surface area contributed by atoms with Crippen LogP contribution in [-0.2, 0) is 33.3 Å². The Morgan fingerprint density at radius 1 is 1.02 bits per heavy atom. The molecule has 0 spiro atoms. The van der Waals surface area contributed by atoms with Gasteiger partial charge in [-0.1, -0.05) is 25.1 Å². The molecule has 1 aliphatic heterocycles. The molecule has 3 N–H and O–H groups in total. The molecule has 0 amide bonds. The first-order chi connectivity index (χ1) is 20.0. The Hall–Kier alpha value is -3.12. The molecule has 1 aromatic rings. The van der Waals surface area contributed by atoms with Crippen LogP contribution in [0, 0.1) is 16.7 Å². The van der Waals surface area contributed by atoms with E-state index in [2.05, 4.69) is 0 Å². The van der Waals surface area contributed by atoms with E-state index in [1.54, 1.807) is 44.2 Å². The lowest BCUT2D eigenvalue weighted by molar-refractivity contribution is -0.351. The van der Waals surface area contributed by atoms with Crippen molar-refractivity contribution in [3.8, 4) is 0 Å². The zero-order chi connectivity index (χ0) is 31.7. The monoisotopic (exact) mass is 600 g/mol. The number of esters is 3. The average molecular weight is 601 g/mol. The topological polar surface area (TPSA) is 166 Å². The van der Waals surface area contributed by atoms with E-state index in [9.17, 15) is 34.5 Å². The summed E-state index contributed by atoms with van der Waals surface area (Å²) in [6, 6.07) is 8.13. The van der Waals surface area contributed by atoms with Gasteiger partial charge in [0.1, 0.15) is 17.8 Å². The van der Waals surface area contributed by atoms with Gasteiger partial charge in [0.2, 0.25) is 0 Å². The highest BCUT2D eigenvalue weighted by molar-refractivity contribution is 5.95. The predicted octanol–water partition coefficient (Wildman–Crippen LogP) is 2.04. The zero-order valence-electron chi connectivity index (χ0n) is 25.3. The van der Waals surface area contributed by atoms with E-state index in [4.69, 9.17) is 18.9 Å². The molecule has 11 nitrogen and oxygen atoms in total. The van der Waals surface area contributed by atoms with Crippen LogP contribution in [0.5, 0.6) is 0 Å². The Labute approximate surface area is 250 Å². The van der Waals surface area contributed by atoms with E-state index in [-0.39, 0.29) is 30.6 Å². The van der Waals surface area contributed by atoms with Crippen molar-refractivity contribution in [1.82, 2.24) is 0 Å². The Bertz CT molecular complexity index is 1370. The Morgan fingerprint density at radius 2 is 1.67 bits per heavy atom. The van der Waals surface area contributed by atoms with Gasteiger partial charge in [0, 0.05) is 25.7 Å². The Morgan fingerprint density at radius 3 is 2.16 bits per heavy atom. The SMILES string of the molecule is CC(=O)O[C@H]1C(=O)[C@@]2(C)[C@H]([C@H](OC(=O)c3ccccc3)[C@]3(O)CC[C@]3(C)/C1=C(/C)[C@H](C)O)[C@]1(OC(C)=O)CO[C@@H]1C[C@@H]2O. The second-order valence-corrected chi connectivity index (χ2v) is 12.9. The third kappa shape index (κ3) is 4.38. The highest BCUT2D eigenvalue weighted by atomic mass is 16.6. The second kappa shape index (κ2) is 10.5. The maximum absolute atomic E-state index is 14.9. The van der Waals surface area contributed by atoms with Crippen molar-refractivity contribution in [2.75, 3.05) is 6.61 Å². The molecule has 5 rings (SSSR count). The molecule has 1 saturated heterocycles. The van der Waals surface area contributed by atoms with E-state index in [1.165, 1.54) is 20.8 Å². The molecule has 234 valence electrons. The molecule has 1 aromatic carbocycles. The van der Waals surface area contributed by atoms with Crippen molar-refractivity contribution in [3.05, 3.63) is 47.0 Å². The van der Waals surface area contributed by atoms with Gasteiger partial charge < -0.3 is 34.3 Å². The lowest BCUT2D eigenvalue weighted by atomic mass is 9.41. The summed E-state index contributed by atoms with van der Waals surface area (Å²) < 4.78 is 23.6. The molecule has 1 heterocycles. The van der Waals surface area contributed by atoms with Gasteiger partial charge in [0.15, 0.2) is 17.5 Å². The minimum atomic E-state index is -1.90. The molecule has 0 bridgehead atoms. The highest BCUT2D eigenvalue weighted by Crippen LogP contribution is 2.67. The van der Waals surface area contributed by atoms with E-state index in [0.717, 1.165) is 6.92 Å². The van der Waals surface area contributed by atoms with Crippen molar-refractivity contribution in [1.29, 1.82) is 0 Å². The summed E-state index contributed by atoms with van der Waals surface area (Å²) in [5.74, 6) is -4.27. The summed E-state index contributed by atoms with van der Waals surface area (Å²) >= 11 is 0. The molecule has 4 fully saturated rings. The van der Waals surface area contributed by atoms with Crippen LogP contribution in [0.1, 0.15) is 71.2 Å². The van der Waals surface area contributed by atoms with E-state index >= 15 is 0 Å². The summed E-state index contributed by atoms with van der Waals surface area (Å²) in [6.07, 6.45) is -6.20. The quantitative estimate of drug-likeness (QED) is 0.257. The third-order valence-electron chi connectivity index (χ3n) is 10.6. The predicted molar refractivity (Wildman–Crippen MR) is 149 cm³/mol. The van der Waals surface area contributed by atoms with Crippen LogP contribution in [0.25, 0.3) is 0 Å². The molecule has 0 unspecified atom stereocenters. The third-order valence-corrected chi connectivity index (χ3v) is 10.6. The number of rotatable bonds is 5. The summed E-state index contributed by atoms with van der Waals surface area (Å²) in [6.45, 7) is 8.42. The summed E-state index contributed by atoms with van der Waals surface area (Å²) in [5.41, 5.74) is -5.99. The summed E-state index contributed by atoms with van der Waals surface area (Å²) in [7, 11) is 0. The molecule has 3 saturated carbocycles. The number of hydrogen-bond donors (Lipinski definition) is 3. The van der Waals surface area contributed by atoms with Crippen molar-refractivity contribution < 1.29 is 53.4 Å². The van der Waals surface area contributed by atoms with Crippen LogP contribution in [0.2, 0.25) is 0 Å². The largest absolute Gasteiger partial charge is 0.455 e. The number of aliphatic hydroxyl groups excluding tert-OH is 2. The second-order valence-electron chi connectivity index (χ2n) is 12.9. The van der Waals surface area contributed by atoms with E-state index in [0.29, 0.717) is 12.0 Å². The first-order valence-electron chi connectivity index (χ1n) is 14.6. The lowest BCUT2D eigenvalue weighted by Crippen LogP contribution is -2.82. The van der Waals surface area contributed by atoms with Crippen LogP contribution >= 0.6 is 0 Å². The summed E-state index contributed by atoms with van der Waals surface area (Å²) in [4.78, 5) is 53.7. The fraction of sp³-hybridized carbons (Fsp3) is 0.625. The zero-order valence-corrected chi connectivity index (χ0v) is 25.3. The molecular formula is C32H40O11. The van der Waals surface area contributed by atoms with Crippen molar-refractivity contribution in [3.63, 3.8) is 0 Å². The number of carbonyl (C=O) groups is 4. The number of fused-ring (bicyclic) bond motifs is 4. The van der Waals surface area contributed by atoms with E-state index in [1.807, 2.05) is 0 Å². The molecule has 3 aliphatic carbocycles. The average Bonchev–Trinajstić information content (AvgIpc) is 2.94. The minimum Gasteiger partial charge on any atom is -0.455 e. The van der Waals surface area contributed by atoms with Gasteiger partial charge >= 0.3 is 17.9 Å². The number of hydrogen-bond acceptors (Lipinski definition) is 11. The first-order valence-corrected chi connectivity index (χ1v) is 14.6. The maximum Gasteiger partial charge on any atom is 0.338 e. The van der Waals surface area contributed by atoms with Crippen LogP contribution in [0.4, 0.5) is 0 Å². The molecule has 4 aliphatic rings. The molecule has 11 heteroatoms. The lowest BCUT2D eigenvalue weighted by Gasteiger charge is -2.69. The smallest absolute Gasteiger partial charge is 0.338 e. The van der Waals surface area contributed by atoms with Crippen LogP contribution < -0.4 is 0 Å². The fourth-order valence-corrected chi connectivity index (χ4v) is 8.03. The van der Waals surface area contributed by atoms with Crippen LogP contribution in [-0.4, -0.2) is 87.3 Å². The van der Waals surface area contributed by atoms with Gasteiger partial charge in [-0.25, -0.2) is 4.79 Å². The molecule has 43 heavy (non-hydrogen) atoms. The van der Waals surface area contributed by atoms with Gasteiger partial charge in [-0.05, 0) is 56.9 Å². The minimum absolute atomic E-state index is 0.0954. The first kappa shape index (κ1) is 31.3. The number of benzene rings is 1. The van der Waals surface area contributed by atoms with Gasteiger partial charge in [-0.15, -0.1) is 0 Å². The maximum atomic E-state index is 14.9. The molecular weight excluding hydrogens is 560 g/mol. The van der Waals surface area contributed by atoms with Crippen molar-refractivity contribution in [2.45, 2.75) is 103 Å². The number of aliphatic hydroxyl groups is 3. The number of ether oxygens (including phenoxy) is 4.